The molecule has 0 fully saturated rings. The minimum absolute atomic E-state index is 0.228. The van der Waals surface area contributed by atoms with E-state index in [-0.39, 0.29) is 11.9 Å². The van der Waals surface area contributed by atoms with Gasteiger partial charge < -0.3 is 10.4 Å². The van der Waals surface area contributed by atoms with Crippen LogP contribution in [0.15, 0.2) is 18.2 Å². The highest BCUT2D eigenvalue weighted by Gasteiger charge is 2.18. The summed E-state index contributed by atoms with van der Waals surface area (Å²) in [4.78, 5) is 0. The standard InChI is InChI=1S/C17H27NOS/c1-12(18-13(2)17(11-19)20-3)15-9-8-14-6-4-5-7-16(14)10-15/h8-10,12-13,17-19H,4-7,11H2,1-3H3. The molecule has 3 atom stereocenters. The van der Waals surface area contributed by atoms with Crippen molar-refractivity contribution in [2.75, 3.05) is 12.9 Å². The number of aliphatic hydroxyl groups is 1. The fraction of sp³-hybridized carbons (Fsp3) is 0.647. The predicted molar refractivity (Wildman–Crippen MR) is 88.5 cm³/mol. The van der Waals surface area contributed by atoms with Crippen molar-refractivity contribution in [1.82, 2.24) is 5.32 Å². The van der Waals surface area contributed by atoms with Crippen LogP contribution in [-0.4, -0.2) is 29.3 Å². The summed E-state index contributed by atoms with van der Waals surface area (Å²) in [7, 11) is 0. The molecule has 0 spiro atoms. The normalized spacial score (nSPS) is 19.2. The second-order valence-corrected chi connectivity index (χ2v) is 6.95. The molecule has 0 saturated heterocycles. The number of aliphatic hydroxyl groups excluding tert-OH is 1. The largest absolute Gasteiger partial charge is 0.395 e. The minimum Gasteiger partial charge on any atom is -0.395 e. The number of benzene rings is 1. The summed E-state index contributed by atoms with van der Waals surface area (Å²) in [5.41, 5.74) is 4.45. The molecule has 0 amide bonds. The lowest BCUT2D eigenvalue weighted by Gasteiger charge is -2.26. The van der Waals surface area contributed by atoms with E-state index >= 15 is 0 Å². The zero-order chi connectivity index (χ0) is 14.5. The maximum atomic E-state index is 9.38. The van der Waals surface area contributed by atoms with Gasteiger partial charge in [0.2, 0.25) is 0 Å². The molecule has 2 N–H and O–H groups in total. The van der Waals surface area contributed by atoms with Crippen LogP contribution in [-0.2, 0) is 12.8 Å². The molecule has 0 aliphatic heterocycles. The van der Waals surface area contributed by atoms with Gasteiger partial charge in [0.1, 0.15) is 0 Å². The van der Waals surface area contributed by atoms with Gasteiger partial charge in [-0.2, -0.15) is 11.8 Å². The Balaban J connectivity index is 2.03. The number of aryl methyl sites for hydroxylation is 2. The number of fused-ring (bicyclic) bond motifs is 1. The Morgan fingerprint density at radius 1 is 1.20 bits per heavy atom. The SMILES string of the molecule is CSC(CO)C(C)NC(C)c1ccc2c(c1)CCCC2. The molecule has 2 nitrogen and oxygen atoms in total. The van der Waals surface area contributed by atoms with Gasteiger partial charge in [0.25, 0.3) is 0 Å². The van der Waals surface area contributed by atoms with E-state index in [2.05, 4.69) is 43.6 Å². The summed E-state index contributed by atoms with van der Waals surface area (Å²) >= 11 is 1.73. The highest BCUT2D eigenvalue weighted by Crippen LogP contribution is 2.25. The van der Waals surface area contributed by atoms with Crippen molar-refractivity contribution in [3.8, 4) is 0 Å². The van der Waals surface area contributed by atoms with Gasteiger partial charge >= 0.3 is 0 Å². The molecule has 0 bridgehead atoms. The highest BCUT2D eigenvalue weighted by atomic mass is 32.2. The van der Waals surface area contributed by atoms with Crippen LogP contribution < -0.4 is 5.32 Å². The first-order chi connectivity index (χ1) is 9.65. The van der Waals surface area contributed by atoms with E-state index in [1.54, 1.807) is 17.3 Å². The summed E-state index contributed by atoms with van der Waals surface area (Å²) in [6.07, 6.45) is 7.20. The van der Waals surface area contributed by atoms with Gasteiger partial charge in [-0.1, -0.05) is 18.2 Å². The summed E-state index contributed by atoms with van der Waals surface area (Å²) < 4.78 is 0. The molecule has 1 aromatic carbocycles. The van der Waals surface area contributed by atoms with Crippen molar-refractivity contribution in [2.45, 2.75) is 56.9 Å². The number of hydrogen-bond acceptors (Lipinski definition) is 3. The zero-order valence-electron chi connectivity index (χ0n) is 12.9. The Kier molecular flexibility index (Phi) is 5.94. The molecule has 1 aromatic rings. The maximum absolute atomic E-state index is 9.38. The van der Waals surface area contributed by atoms with E-state index in [0.717, 1.165) is 0 Å². The van der Waals surface area contributed by atoms with Gasteiger partial charge in [-0.05, 0) is 62.5 Å². The topological polar surface area (TPSA) is 32.3 Å². The van der Waals surface area contributed by atoms with E-state index in [0.29, 0.717) is 12.1 Å². The Morgan fingerprint density at radius 3 is 2.55 bits per heavy atom. The van der Waals surface area contributed by atoms with Crippen LogP contribution in [0.4, 0.5) is 0 Å². The first kappa shape index (κ1) is 15.9. The van der Waals surface area contributed by atoms with Crippen LogP contribution in [0.25, 0.3) is 0 Å². The third kappa shape index (κ3) is 3.78. The highest BCUT2D eigenvalue weighted by molar-refractivity contribution is 7.99. The van der Waals surface area contributed by atoms with Crippen LogP contribution in [0.3, 0.4) is 0 Å². The molecular formula is C17H27NOS. The predicted octanol–water partition coefficient (Wildman–Crippen LogP) is 3.33. The molecule has 1 aliphatic carbocycles. The van der Waals surface area contributed by atoms with Crippen LogP contribution in [0.5, 0.6) is 0 Å². The van der Waals surface area contributed by atoms with Crippen LogP contribution in [0.2, 0.25) is 0 Å². The average Bonchev–Trinajstić information content (AvgIpc) is 2.48. The Hall–Kier alpha value is -0.510. The van der Waals surface area contributed by atoms with Crippen molar-refractivity contribution in [3.63, 3.8) is 0 Å². The van der Waals surface area contributed by atoms with Crippen molar-refractivity contribution in [1.29, 1.82) is 0 Å². The summed E-state index contributed by atoms with van der Waals surface area (Å²) in [5, 5.41) is 13.3. The van der Waals surface area contributed by atoms with E-state index in [9.17, 15) is 5.11 Å². The second-order valence-electron chi connectivity index (χ2n) is 5.87. The first-order valence-corrected chi connectivity index (χ1v) is 8.96. The molecule has 0 radical (unpaired) electrons. The Labute approximate surface area is 127 Å². The van der Waals surface area contributed by atoms with Gasteiger partial charge in [-0.15, -0.1) is 0 Å². The van der Waals surface area contributed by atoms with E-state index < -0.39 is 0 Å². The van der Waals surface area contributed by atoms with Gasteiger partial charge in [0.05, 0.1) is 6.61 Å². The molecule has 0 heterocycles. The summed E-state index contributed by atoms with van der Waals surface area (Å²) in [6.45, 7) is 4.61. The molecule has 1 aliphatic rings. The fourth-order valence-corrected chi connectivity index (χ4v) is 3.69. The molecule has 112 valence electrons. The quantitative estimate of drug-likeness (QED) is 0.844. The second kappa shape index (κ2) is 7.48. The third-order valence-electron chi connectivity index (χ3n) is 4.43. The smallest absolute Gasteiger partial charge is 0.0564 e. The van der Waals surface area contributed by atoms with Crippen molar-refractivity contribution in [2.24, 2.45) is 0 Å². The zero-order valence-corrected chi connectivity index (χ0v) is 13.7. The Bertz CT molecular complexity index is 431. The lowest BCUT2D eigenvalue weighted by Crippen LogP contribution is -2.39. The van der Waals surface area contributed by atoms with E-state index in [1.165, 1.54) is 36.8 Å². The Morgan fingerprint density at radius 2 is 1.90 bits per heavy atom. The maximum Gasteiger partial charge on any atom is 0.0564 e. The van der Waals surface area contributed by atoms with E-state index in [4.69, 9.17) is 0 Å². The molecule has 0 saturated carbocycles. The molecular weight excluding hydrogens is 266 g/mol. The van der Waals surface area contributed by atoms with Gasteiger partial charge in [-0.25, -0.2) is 0 Å². The average molecular weight is 293 g/mol. The third-order valence-corrected chi connectivity index (χ3v) is 5.59. The molecule has 20 heavy (non-hydrogen) atoms. The molecule has 2 rings (SSSR count). The molecule has 3 heteroatoms. The lowest BCUT2D eigenvalue weighted by atomic mass is 9.89. The van der Waals surface area contributed by atoms with Crippen molar-refractivity contribution in [3.05, 3.63) is 34.9 Å². The molecule has 0 aromatic heterocycles. The number of thioether (sulfide) groups is 1. The van der Waals surface area contributed by atoms with Crippen LogP contribution >= 0.6 is 11.8 Å². The number of hydrogen-bond donors (Lipinski definition) is 2. The summed E-state index contributed by atoms with van der Waals surface area (Å²) in [6, 6.07) is 7.60. The molecule has 3 unspecified atom stereocenters. The minimum atomic E-state index is 0.228. The van der Waals surface area contributed by atoms with Crippen LogP contribution in [0, 0.1) is 0 Å². The van der Waals surface area contributed by atoms with Crippen molar-refractivity contribution >= 4 is 11.8 Å². The summed E-state index contributed by atoms with van der Waals surface area (Å²) in [5.74, 6) is 0. The van der Waals surface area contributed by atoms with Gasteiger partial charge in [-0.3, -0.25) is 0 Å². The van der Waals surface area contributed by atoms with Gasteiger partial charge in [0, 0.05) is 17.3 Å². The van der Waals surface area contributed by atoms with Crippen LogP contribution in [0.1, 0.15) is 49.4 Å². The number of rotatable bonds is 6. The number of nitrogens with one attached hydrogen (secondary N) is 1. The monoisotopic (exact) mass is 293 g/mol. The first-order valence-electron chi connectivity index (χ1n) is 7.67. The lowest BCUT2D eigenvalue weighted by molar-refractivity contribution is 0.272. The van der Waals surface area contributed by atoms with Gasteiger partial charge in [0.15, 0.2) is 0 Å². The fourth-order valence-electron chi connectivity index (χ4n) is 3.06. The van der Waals surface area contributed by atoms with Crippen molar-refractivity contribution < 1.29 is 5.11 Å². The van der Waals surface area contributed by atoms with E-state index in [1.807, 2.05) is 0 Å².